The number of benzene rings is 1. The summed E-state index contributed by atoms with van der Waals surface area (Å²) in [4.78, 5) is 10.9. The molecule has 1 aliphatic rings. The minimum atomic E-state index is 0.0673. The summed E-state index contributed by atoms with van der Waals surface area (Å²) in [6.45, 7) is 2.19. The third-order valence-electron chi connectivity index (χ3n) is 3.03. The van der Waals surface area contributed by atoms with E-state index in [4.69, 9.17) is 11.6 Å². The first kappa shape index (κ1) is 11.4. The number of rotatable bonds is 2. The van der Waals surface area contributed by atoms with Crippen LogP contribution in [0.15, 0.2) is 30.3 Å². The van der Waals surface area contributed by atoms with Crippen molar-refractivity contribution < 1.29 is 4.79 Å². The largest absolute Gasteiger partial charge is 0.303 e. The van der Waals surface area contributed by atoms with E-state index in [2.05, 4.69) is 19.1 Å². The zero-order valence-electron chi connectivity index (χ0n) is 9.32. The first-order valence-electron chi connectivity index (χ1n) is 5.61. The van der Waals surface area contributed by atoms with Gasteiger partial charge in [-0.2, -0.15) is 0 Å². The lowest BCUT2D eigenvalue weighted by atomic mass is 9.81. The number of carbonyl (C=O) groups is 1. The molecule has 2 unspecified atom stereocenters. The fourth-order valence-corrected chi connectivity index (χ4v) is 2.51. The molecule has 1 aliphatic carbocycles. The minimum Gasteiger partial charge on any atom is -0.303 e. The second-order valence-corrected chi connectivity index (χ2v) is 4.98. The molecule has 0 saturated heterocycles. The zero-order valence-corrected chi connectivity index (χ0v) is 10.1. The summed E-state index contributed by atoms with van der Waals surface area (Å²) in [5.41, 5.74) is 2.39. The van der Waals surface area contributed by atoms with Crippen LogP contribution in [0.2, 0.25) is 5.02 Å². The third kappa shape index (κ3) is 2.53. The van der Waals surface area contributed by atoms with Crippen LogP contribution in [0.4, 0.5) is 0 Å². The molecule has 16 heavy (non-hydrogen) atoms. The van der Waals surface area contributed by atoms with Gasteiger partial charge in [-0.15, -0.1) is 0 Å². The van der Waals surface area contributed by atoms with Crippen LogP contribution in [0, 0.1) is 11.8 Å². The summed E-state index contributed by atoms with van der Waals surface area (Å²) in [7, 11) is 0. The van der Waals surface area contributed by atoms with Crippen molar-refractivity contribution in [2.75, 3.05) is 0 Å². The molecule has 1 aromatic carbocycles. The standard InChI is InChI=1S/C14H15ClO/c1-10-5-11(9-16)7-13(6-10)12-3-2-4-14(15)8-12/h2-4,7-11H,5-6H2,1H3. The van der Waals surface area contributed by atoms with Gasteiger partial charge in [-0.05, 0) is 42.0 Å². The smallest absolute Gasteiger partial charge is 0.126 e. The van der Waals surface area contributed by atoms with Gasteiger partial charge in [-0.25, -0.2) is 0 Å². The van der Waals surface area contributed by atoms with E-state index in [-0.39, 0.29) is 5.92 Å². The number of hydrogen-bond acceptors (Lipinski definition) is 1. The van der Waals surface area contributed by atoms with Gasteiger partial charge >= 0.3 is 0 Å². The number of halogens is 1. The summed E-state index contributed by atoms with van der Waals surface area (Å²) >= 11 is 5.97. The Bertz CT molecular complexity index is 422. The molecular weight excluding hydrogens is 220 g/mol. The van der Waals surface area contributed by atoms with Gasteiger partial charge in [0, 0.05) is 10.9 Å². The van der Waals surface area contributed by atoms with Crippen LogP contribution in [-0.4, -0.2) is 6.29 Å². The van der Waals surface area contributed by atoms with E-state index in [1.54, 1.807) is 0 Å². The minimum absolute atomic E-state index is 0.0673. The van der Waals surface area contributed by atoms with E-state index in [1.165, 1.54) is 5.57 Å². The van der Waals surface area contributed by atoms with Crippen LogP contribution < -0.4 is 0 Å². The summed E-state index contributed by atoms with van der Waals surface area (Å²) < 4.78 is 0. The quantitative estimate of drug-likeness (QED) is 0.708. The monoisotopic (exact) mass is 234 g/mol. The van der Waals surface area contributed by atoms with E-state index in [9.17, 15) is 4.79 Å². The molecule has 1 aromatic rings. The van der Waals surface area contributed by atoms with Gasteiger partial charge < -0.3 is 4.79 Å². The maximum Gasteiger partial charge on any atom is 0.126 e. The number of allylic oxidation sites excluding steroid dienone is 2. The first-order chi connectivity index (χ1) is 7.69. The van der Waals surface area contributed by atoms with Gasteiger partial charge in [0.2, 0.25) is 0 Å². The Labute approximate surface area is 101 Å². The molecule has 0 spiro atoms. The highest BCUT2D eigenvalue weighted by Gasteiger charge is 2.19. The van der Waals surface area contributed by atoms with Gasteiger partial charge in [-0.3, -0.25) is 0 Å². The van der Waals surface area contributed by atoms with Crippen molar-refractivity contribution in [3.05, 3.63) is 40.9 Å². The second kappa shape index (κ2) is 4.84. The van der Waals surface area contributed by atoms with Crippen molar-refractivity contribution in [1.29, 1.82) is 0 Å². The molecule has 0 fully saturated rings. The molecule has 0 saturated carbocycles. The Morgan fingerprint density at radius 2 is 2.25 bits per heavy atom. The highest BCUT2D eigenvalue weighted by atomic mass is 35.5. The Morgan fingerprint density at radius 3 is 2.94 bits per heavy atom. The van der Waals surface area contributed by atoms with Crippen LogP contribution >= 0.6 is 11.6 Å². The van der Waals surface area contributed by atoms with Crippen LogP contribution in [-0.2, 0) is 4.79 Å². The zero-order chi connectivity index (χ0) is 11.5. The topological polar surface area (TPSA) is 17.1 Å². The summed E-state index contributed by atoms with van der Waals surface area (Å²) in [5, 5.41) is 0.749. The lowest BCUT2D eigenvalue weighted by Crippen LogP contribution is -2.12. The predicted octanol–water partition coefficient (Wildman–Crippen LogP) is 3.97. The molecule has 84 valence electrons. The lowest BCUT2D eigenvalue weighted by Gasteiger charge is -2.23. The maximum atomic E-state index is 10.9. The molecule has 2 heteroatoms. The highest BCUT2D eigenvalue weighted by molar-refractivity contribution is 6.30. The normalized spacial score (nSPS) is 25.0. The summed E-state index contributed by atoms with van der Waals surface area (Å²) in [6.07, 6.45) is 5.12. The summed E-state index contributed by atoms with van der Waals surface area (Å²) in [6, 6.07) is 7.84. The van der Waals surface area contributed by atoms with Crippen molar-refractivity contribution in [3.63, 3.8) is 0 Å². The van der Waals surface area contributed by atoms with Gasteiger partial charge in [0.15, 0.2) is 0 Å². The Hall–Kier alpha value is -1.08. The van der Waals surface area contributed by atoms with Gasteiger partial charge in [0.05, 0.1) is 0 Å². The van der Waals surface area contributed by atoms with Crippen molar-refractivity contribution >= 4 is 23.5 Å². The van der Waals surface area contributed by atoms with E-state index < -0.39 is 0 Å². The van der Waals surface area contributed by atoms with Crippen molar-refractivity contribution in [1.82, 2.24) is 0 Å². The third-order valence-corrected chi connectivity index (χ3v) is 3.26. The molecule has 0 N–H and O–H groups in total. The van der Waals surface area contributed by atoms with E-state index >= 15 is 0 Å². The molecular formula is C14H15ClO. The number of carbonyl (C=O) groups excluding carboxylic acids is 1. The number of aldehydes is 1. The predicted molar refractivity (Wildman–Crippen MR) is 67.4 cm³/mol. The molecule has 1 nitrogen and oxygen atoms in total. The average Bonchev–Trinajstić information content (AvgIpc) is 2.28. The van der Waals surface area contributed by atoms with Gasteiger partial charge in [0.1, 0.15) is 6.29 Å². The highest BCUT2D eigenvalue weighted by Crippen LogP contribution is 2.33. The Morgan fingerprint density at radius 1 is 1.44 bits per heavy atom. The molecule has 2 atom stereocenters. The van der Waals surface area contributed by atoms with Gasteiger partial charge in [0.25, 0.3) is 0 Å². The molecule has 0 heterocycles. The fourth-order valence-electron chi connectivity index (χ4n) is 2.31. The molecule has 0 radical (unpaired) electrons. The Balaban J connectivity index is 2.32. The average molecular weight is 235 g/mol. The SMILES string of the molecule is CC1CC(c2cccc(Cl)c2)=CC(C=O)C1. The molecule has 2 rings (SSSR count). The van der Waals surface area contributed by atoms with Crippen molar-refractivity contribution in [2.45, 2.75) is 19.8 Å². The molecule has 0 amide bonds. The van der Waals surface area contributed by atoms with Crippen molar-refractivity contribution in [3.8, 4) is 0 Å². The van der Waals surface area contributed by atoms with Crippen LogP contribution in [0.25, 0.3) is 5.57 Å². The summed E-state index contributed by atoms with van der Waals surface area (Å²) in [5.74, 6) is 0.631. The maximum absolute atomic E-state index is 10.9. The van der Waals surface area contributed by atoms with Crippen LogP contribution in [0.1, 0.15) is 25.3 Å². The Kier molecular flexibility index (Phi) is 3.45. The van der Waals surface area contributed by atoms with Crippen LogP contribution in [0.3, 0.4) is 0 Å². The molecule has 0 bridgehead atoms. The van der Waals surface area contributed by atoms with E-state index in [0.717, 1.165) is 29.7 Å². The second-order valence-electron chi connectivity index (χ2n) is 4.55. The lowest BCUT2D eigenvalue weighted by molar-refractivity contribution is -0.110. The molecule has 0 aliphatic heterocycles. The van der Waals surface area contributed by atoms with E-state index in [1.807, 2.05) is 18.2 Å². The number of hydrogen-bond donors (Lipinski definition) is 0. The first-order valence-corrected chi connectivity index (χ1v) is 5.99. The fraction of sp³-hybridized carbons (Fsp3) is 0.357. The van der Waals surface area contributed by atoms with Crippen molar-refractivity contribution in [2.24, 2.45) is 11.8 Å². The van der Waals surface area contributed by atoms with Crippen LogP contribution in [0.5, 0.6) is 0 Å². The molecule has 0 aromatic heterocycles. The van der Waals surface area contributed by atoms with Gasteiger partial charge in [-0.1, -0.05) is 36.7 Å². The van der Waals surface area contributed by atoms with E-state index in [0.29, 0.717) is 5.92 Å².